The van der Waals surface area contributed by atoms with Crippen LogP contribution in [0.1, 0.15) is 10.4 Å². The number of carbonyl (C=O) groups excluding carboxylic acids is 1. The number of fused-ring (bicyclic) bond motifs is 1. The lowest BCUT2D eigenvalue weighted by atomic mass is 10.1. The molecule has 22 heavy (non-hydrogen) atoms. The summed E-state index contributed by atoms with van der Waals surface area (Å²) in [5.41, 5.74) is 5.12. The Morgan fingerprint density at radius 3 is 2.36 bits per heavy atom. The van der Waals surface area contributed by atoms with Gasteiger partial charge in [-0.25, -0.2) is 0 Å². The van der Waals surface area contributed by atoms with E-state index in [-0.39, 0.29) is 0 Å². The summed E-state index contributed by atoms with van der Waals surface area (Å²) in [5, 5.41) is 11.1. The monoisotopic (exact) mass is 314 g/mol. The van der Waals surface area contributed by atoms with Gasteiger partial charge in [0, 0.05) is 16.1 Å². The Hall–Kier alpha value is -2.79. The summed E-state index contributed by atoms with van der Waals surface area (Å²) in [6.07, 6.45) is 0. The molecule has 0 atom stereocenters. The van der Waals surface area contributed by atoms with Crippen molar-refractivity contribution in [3.8, 4) is 11.4 Å². The number of aromatic hydroxyl groups is 1. The Morgan fingerprint density at radius 1 is 1.09 bits per heavy atom. The predicted molar refractivity (Wildman–Crippen MR) is 84.7 cm³/mol. The molecule has 110 valence electrons. The molecule has 0 saturated heterocycles. The zero-order chi connectivity index (χ0) is 15.9. The Kier molecular flexibility index (Phi) is 3.35. The van der Waals surface area contributed by atoms with E-state index in [4.69, 9.17) is 17.3 Å². The van der Waals surface area contributed by atoms with E-state index in [0.717, 1.165) is 0 Å². The normalized spacial score (nSPS) is 10.8. The van der Waals surface area contributed by atoms with Gasteiger partial charge in [-0.15, -0.1) is 0 Å². The van der Waals surface area contributed by atoms with Crippen LogP contribution in [0.5, 0.6) is 5.75 Å². The van der Waals surface area contributed by atoms with Crippen LogP contribution in [0.25, 0.3) is 16.6 Å². The molecular formula is C16H11ClN2O3. The number of rotatable bonds is 2. The number of pyridine rings is 1. The van der Waals surface area contributed by atoms with E-state index in [1.807, 2.05) is 0 Å². The van der Waals surface area contributed by atoms with Gasteiger partial charge in [-0.3, -0.25) is 14.2 Å². The van der Waals surface area contributed by atoms with E-state index in [1.165, 1.54) is 4.57 Å². The summed E-state index contributed by atoms with van der Waals surface area (Å²) in [6.45, 7) is 0. The Labute approximate surface area is 130 Å². The third-order valence-electron chi connectivity index (χ3n) is 3.39. The number of benzene rings is 2. The van der Waals surface area contributed by atoms with E-state index in [2.05, 4.69) is 0 Å². The van der Waals surface area contributed by atoms with Crippen molar-refractivity contribution in [1.29, 1.82) is 0 Å². The third-order valence-corrected chi connectivity index (χ3v) is 3.64. The van der Waals surface area contributed by atoms with Gasteiger partial charge in [0.1, 0.15) is 11.3 Å². The fourth-order valence-electron chi connectivity index (χ4n) is 2.39. The van der Waals surface area contributed by atoms with Crippen LogP contribution in [0.3, 0.4) is 0 Å². The van der Waals surface area contributed by atoms with Crippen LogP contribution in [0.2, 0.25) is 5.02 Å². The number of primary amides is 1. The van der Waals surface area contributed by atoms with Gasteiger partial charge < -0.3 is 10.8 Å². The molecule has 0 saturated carbocycles. The number of carbonyl (C=O) groups is 1. The van der Waals surface area contributed by atoms with Crippen molar-refractivity contribution < 1.29 is 9.90 Å². The van der Waals surface area contributed by atoms with E-state index < -0.39 is 22.8 Å². The molecule has 3 N–H and O–H groups in total. The highest BCUT2D eigenvalue weighted by atomic mass is 35.5. The first kappa shape index (κ1) is 14.2. The van der Waals surface area contributed by atoms with Gasteiger partial charge in [0.05, 0.1) is 5.52 Å². The van der Waals surface area contributed by atoms with Crippen LogP contribution < -0.4 is 11.3 Å². The van der Waals surface area contributed by atoms with Crippen molar-refractivity contribution in [3.05, 3.63) is 69.5 Å². The van der Waals surface area contributed by atoms with Crippen LogP contribution in [-0.2, 0) is 0 Å². The SMILES string of the molecule is NC(=O)c1c(O)c2ccccc2n(-c2ccc(Cl)cc2)c1=O. The van der Waals surface area contributed by atoms with Crippen molar-refractivity contribution in [1.82, 2.24) is 4.57 Å². The van der Waals surface area contributed by atoms with Gasteiger partial charge >= 0.3 is 0 Å². The Balaban J connectivity index is 2.50. The number of hydrogen-bond donors (Lipinski definition) is 2. The van der Waals surface area contributed by atoms with Crippen LogP contribution >= 0.6 is 11.6 Å². The number of nitrogens with zero attached hydrogens (tertiary/aromatic N) is 1. The number of para-hydroxylation sites is 1. The maximum Gasteiger partial charge on any atom is 0.272 e. The number of halogens is 1. The second-order valence-electron chi connectivity index (χ2n) is 4.72. The van der Waals surface area contributed by atoms with Crippen LogP contribution in [-0.4, -0.2) is 15.6 Å². The largest absolute Gasteiger partial charge is 0.506 e. The second kappa shape index (κ2) is 5.20. The third kappa shape index (κ3) is 2.12. The summed E-state index contributed by atoms with van der Waals surface area (Å²) in [6, 6.07) is 13.3. The lowest BCUT2D eigenvalue weighted by molar-refractivity contribution is 0.0996. The standard InChI is InChI=1S/C16H11ClN2O3/c17-9-5-7-10(8-6-9)19-12-4-2-1-3-11(12)14(20)13(15(18)21)16(19)22/h1-8,20H,(H2,18,21). The number of aromatic nitrogens is 1. The molecule has 0 aliphatic heterocycles. The minimum Gasteiger partial charge on any atom is -0.506 e. The minimum absolute atomic E-state index is 0.367. The second-order valence-corrected chi connectivity index (χ2v) is 5.16. The summed E-state index contributed by atoms with van der Waals surface area (Å²) >= 11 is 5.86. The predicted octanol–water partition coefficient (Wildman–Crippen LogP) is 2.45. The molecule has 5 nitrogen and oxygen atoms in total. The van der Waals surface area contributed by atoms with Gasteiger partial charge in [0.25, 0.3) is 11.5 Å². The molecule has 0 aliphatic rings. The molecule has 0 unspecified atom stereocenters. The molecule has 0 bridgehead atoms. The number of hydrogen-bond acceptors (Lipinski definition) is 3. The molecule has 0 spiro atoms. The maximum absolute atomic E-state index is 12.6. The van der Waals surface area contributed by atoms with E-state index in [0.29, 0.717) is 21.6 Å². The fraction of sp³-hybridized carbons (Fsp3) is 0. The molecule has 0 fully saturated rings. The first-order valence-corrected chi connectivity index (χ1v) is 6.81. The fourth-order valence-corrected chi connectivity index (χ4v) is 2.52. The smallest absolute Gasteiger partial charge is 0.272 e. The number of amides is 1. The van der Waals surface area contributed by atoms with Crippen LogP contribution in [0.15, 0.2) is 53.3 Å². The summed E-state index contributed by atoms with van der Waals surface area (Å²) in [7, 11) is 0. The molecule has 6 heteroatoms. The summed E-state index contributed by atoms with van der Waals surface area (Å²) in [4.78, 5) is 24.2. The lowest BCUT2D eigenvalue weighted by Crippen LogP contribution is -2.29. The van der Waals surface area contributed by atoms with Crippen LogP contribution in [0.4, 0.5) is 0 Å². The van der Waals surface area contributed by atoms with Crippen molar-refractivity contribution >= 4 is 28.4 Å². The van der Waals surface area contributed by atoms with Gasteiger partial charge in [-0.1, -0.05) is 23.7 Å². The van der Waals surface area contributed by atoms with Crippen molar-refractivity contribution in [2.75, 3.05) is 0 Å². The van der Waals surface area contributed by atoms with E-state index in [1.54, 1.807) is 48.5 Å². The van der Waals surface area contributed by atoms with Crippen molar-refractivity contribution in [2.24, 2.45) is 5.73 Å². The van der Waals surface area contributed by atoms with Crippen molar-refractivity contribution in [2.45, 2.75) is 0 Å². The average molecular weight is 315 g/mol. The lowest BCUT2D eigenvalue weighted by Gasteiger charge is -2.13. The van der Waals surface area contributed by atoms with Gasteiger partial charge in [-0.2, -0.15) is 0 Å². The topological polar surface area (TPSA) is 85.3 Å². The Morgan fingerprint density at radius 2 is 1.73 bits per heavy atom. The zero-order valence-corrected chi connectivity index (χ0v) is 12.0. The van der Waals surface area contributed by atoms with Gasteiger partial charge in [0.15, 0.2) is 0 Å². The molecule has 0 radical (unpaired) electrons. The van der Waals surface area contributed by atoms with Gasteiger partial charge in [0.2, 0.25) is 0 Å². The molecule has 3 rings (SSSR count). The molecule has 1 amide bonds. The quantitative estimate of drug-likeness (QED) is 0.762. The first-order chi connectivity index (χ1) is 10.5. The molecule has 3 aromatic rings. The highest BCUT2D eigenvalue weighted by Crippen LogP contribution is 2.27. The summed E-state index contributed by atoms with van der Waals surface area (Å²) < 4.78 is 1.32. The Bertz CT molecular complexity index is 946. The zero-order valence-electron chi connectivity index (χ0n) is 11.3. The minimum atomic E-state index is -0.976. The number of nitrogens with two attached hydrogens (primary N) is 1. The van der Waals surface area contributed by atoms with E-state index >= 15 is 0 Å². The highest BCUT2D eigenvalue weighted by molar-refractivity contribution is 6.30. The summed E-state index contributed by atoms with van der Waals surface area (Å²) in [5.74, 6) is -1.38. The van der Waals surface area contributed by atoms with Crippen LogP contribution in [0, 0.1) is 0 Å². The molecule has 1 aromatic heterocycles. The molecule has 0 aliphatic carbocycles. The first-order valence-electron chi connectivity index (χ1n) is 6.43. The van der Waals surface area contributed by atoms with Crippen molar-refractivity contribution in [3.63, 3.8) is 0 Å². The highest BCUT2D eigenvalue weighted by Gasteiger charge is 2.20. The molecule has 1 heterocycles. The maximum atomic E-state index is 12.6. The van der Waals surface area contributed by atoms with Gasteiger partial charge in [-0.05, 0) is 36.4 Å². The average Bonchev–Trinajstić information content (AvgIpc) is 2.49. The molecule has 2 aromatic carbocycles. The molecular weight excluding hydrogens is 304 g/mol. The van der Waals surface area contributed by atoms with E-state index in [9.17, 15) is 14.7 Å².